The van der Waals surface area contributed by atoms with Crippen LogP contribution in [0.3, 0.4) is 0 Å². The summed E-state index contributed by atoms with van der Waals surface area (Å²) in [6.07, 6.45) is 7.94. The van der Waals surface area contributed by atoms with Crippen molar-refractivity contribution in [2.45, 2.75) is 95.4 Å². The number of carbonyl (C=O) groups excluding carboxylic acids is 1. The number of unbranched alkanes of at least 4 members (excludes halogenated alkanes) is 10. The number of ketones is 1. The van der Waals surface area contributed by atoms with Crippen molar-refractivity contribution in [1.29, 1.82) is 0 Å². The normalized spacial score (nSPS) is 15.2. The van der Waals surface area contributed by atoms with Crippen LogP contribution in [0.2, 0.25) is 0 Å². The quantitative estimate of drug-likeness (QED) is 0.234. The molecule has 24 heavy (non-hydrogen) atoms. The molecule has 0 radical (unpaired) electrons. The van der Waals surface area contributed by atoms with E-state index in [9.17, 15) is 20.1 Å². The van der Waals surface area contributed by atoms with Crippen LogP contribution in [0.4, 0.5) is 0 Å². The topological polar surface area (TPSA) is 98.0 Å². The van der Waals surface area contributed by atoms with Crippen molar-refractivity contribution in [3.05, 3.63) is 0 Å². The Hall–Kier alpha value is -0.200. The van der Waals surface area contributed by atoms with E-state index in [-0.39, 0.29) is 6.42 Å². The maximum absolute atomic E-state index is 11.7. The van der Waals surface area contributed by atoms with E-state index < -0.39 is 30.7 Å². The van der Waals surface area contributed by atoms with E-state index in [2.05, 4.69) is 0 Å². The zero-order valence-electron chi connectivity index (χ0n) is 14.7. The third-order valence-corrected chi connectivity index (χ3v) is 4.56. The van der Waals surface area contributed by atoms with Crippen LogP contribution in [-0.2, 0) is 4.79 Å². The number of halogens is 1. The zero-order valence-corrected chi connectivity index (χ0v) is 15.5. The molecule has 0 aromatic carbocycles. The highest BCUT2D eigenvalue weighted by Gasteiger charge is 2.29. The van der Waals surface area contributed by atoms with E-state index in [4.69, 9.17) is 16.7 Å². The molecule has 0 saturated carbocycles. The maximum atomic E-state index is 11.7. The van der Waals surface area contributed by atoms with Gasteiger partial charge >= 0.3 is 0 Å². The van der Waals surface area contributed by atoms with Gasteiger partial charge in [-0.05, 0) is 12.8 Å². The molecule has 0 fully saturated rings. The van der Waals surface area contributed by atoms with Crippen LogP contribution in [0.1, 0.15) is 77.0 Å². The van der Waals surface area contributed by atoms with Gasteiger partial charge in [-0.3, -0.25) is 4.79 Å². The molecule has 144 valence electrons. The summed E-state index contributed by atoms with van der Waals surface area (Å²) in [5, 5.41) is 36.9. The molecule has 0 aromatic rings. The van der Waals surface area contributed by atoms with E-state index in [1.165, 1.54) is 38.5 Å². The highest BCUT2D eigenvalue weighted by Crippen LogP contribution is 2.13. The van der Waals surface area contributed by atoms with Crippen molar-refractivity contribution < 1.29 is 25.2 Å². The number of hydrogen-bond donors (Lipinski definition) is 4. The van der Waals surface area contributed by atoms with E-state index in [0.717, 1.165) is 31.6 Å². The van der Waals surface area contributed by atoms with Crippen molar-refractivity contribution >= 4 is 17.4 Å². The first-order chi connectivity index (χ1) is 11.5. The van der Waals surface area contributed by atoms with Gasteiger partial charge in [0.1, 0.15) is 18.3 Å². The standard InChI is InChI=1S/C18H35ClO5/c19-13-11-9-7-5-3-1-2-4-6-8-10-12-15(21)17(23)18(24)16(22)14-20/h16-18,20,22-24H,1-14H2. The average molecular weight is 367 g/mol. The summed E-state index contributed by atoms with van der Waals surface area (Å²) in [7, 11) is 0. The molecule has 0 heterocycles. The molecule has 0 aliphatic carbocycles. The number of alkyl halides is 1. The SMILES string of the molecule is O=C(CCCCCCCCCCCCCCl)C(O)C(O)C(O)CO. The Morgan fingerprint density at radius 2 is 1.17 bits per heavy atom. The smallest absolute Gasteiger partial charge is 0.164 e. The van der Waals surface area contributed by atoms with Gasteiger partial charge in [-0.25, -0.2) is 0 Å². The lowest BCUT2D eigenvalue weighted by atomic mass is 9.99. The lowest BCUT2D eigenvalue weighted by Gasteiger charge is -2.20. The highest BCUT2D eigenvalue weighted by molar-refractivity contribution is 6.17. The summed E-state index contributed by atoms with van der Waals surface area (Å²) < 4.78 is 0. The summed E-state index contributed by atoms with van der Waals surface area (Å²) in [4.78, 5) is 11.7. The number of rotatable bonds is 17. The van der Waals surface area contributed by atoms with Crippen molar-refractivity contribution in [2.75, 3.05) is 12.5 Å². The number of hydrogen-bond acceptors (Lipinski definition) is 5. The molecule has 6 heteroatoms. The average Bonchev–Trinajstić information content (AvgIpc) is 2.60. The second kappa shape index (κ2) is 16.3. The molecule has 0 rings (SSSR count). The molecule has 3 atom stereocenters. The Morgan fingerprint density at radius 1 is 0.750 bits per heavy atom. The Labute approximate surface area is 151 Å². The Kier molecular flexibility index (Phi) is 16.1. The minimum absolute atomic E-state index is 0.191. The van der Waals surface area contributed by atoms with Gasteiger partial charge in [0.2, 0.25) is 0 Å². The summed E-state index contributed by atoms with van der Waals surface area (Å²) in [5.41, 5.74) is 0. The third kappa shape index (κ3) is 12.2. The molecule has 0 bridgehead atoms. The van der Waals surface area contributed by atoms with Crippen LogP contribution in [0.25, 0.3) is 0 Å². The van der Waals surface area contributed by atoms with Crippen molar-refractivity contribution in [2.24, 2.45) is 0 Å². The fourth-order valence-corrected chi connectivity index (χ4v) is 2.83. The fraction of sp³-hybridized carbons (Fsp3) is 0.944. The van der Waals surface area contributed by atoms with Gasteiger partial charge in [0.15, 0.2) is 5.78 Å². The molecule has 0 amide bonds. The van der Waals surface area contributed by atoms with Crippen molar-refractivity contribution in [1.82, 2.24) is 0 Å². The van der Waals surface area contributed by atoms with Crippen LogP contribution in [0.5, 0.6) is 0 Å². The van der Waals surface area contributed by atoms with Crippen LogP contribution >= 0.6 is 11.6 Å². The molecule has 4 N–H and O–H groups in total. The zero-order chi connectivity index (χ0) is 18.2. The van der Waals surface area contributed by atoms with E-state index in [1.54, 1.807) is 0 Å². The number of aliphatic hydroxyl groups excluding tert-OH is 4. The molecule has 0 aliphatic rings. The predicted molar refractivity (Wildman–Crippen MR) is 96.2 cm³/mol. The molecular weight excluding hydrogens is 332 g/mol. The van der Waals surface area contributed by atoms with Crippen LogP contribution in [0, 0.1) is 0 Å². The summed E-state index contributed by atoms with van der Waals surface area (Å²) in [6.45, 7) is -0.682. The molecule has 0 aliphatic heterocycles. The second-order valence-corrected chi connectivity index (χ2v) is 6.86. The van der Waals surface area contributed by atoms with E-state index in [0.29, 0.717) is 6.42 Å². The van der Waals surface area contributed by atoms with Crippen molar-refractivity contribution in [3.63, 3.8) is 0 Å². The molecule has 3 unspecified atom stereocenters. The Balaban J connectivity index is 3.45. The van der Waals surface area contributed by atoms with Gasteiger partial charge in [-0.2, -0.15) is 0 Å². The Bertz CT molecular complexity index is 301. The van der Waals surface area contributed by atoms with Crippen LogP contribution in [0.15, 0.2) is 0 Å². The van der Waals surface area contributed by atoms with Gasteiger partial charge in [0.05, 0.1) is 6.61 Å². The van der Waals surface area contributed by atoms with Gasteiger partial charge in [-0.1, -0.05) is 57.8 Å². The van der Waals surface area contributed by atoms with Crippen molar-refractivity contribution in [3.8, 4) is 0 Å². The highest BCUT2D eigenvalue weighted by atomic mass is 35.5. The summed E-state index contributed by atoms with van der Waals surface area (Å²) >= 11 is 5.63. The van der Waals surface area contributed by atoms with Gasteiger partial charge in [0.25, 0.3) is 0 Å². The first kappa shape index (κ1) is 23.8. The van der Waals surface area contributed by atoms with E-state index >= 15 is 0 Å². The number of carbonyl (C=O) groups is 1. The minimum Gasteiger partial charge on any atom is -0.394 e. The molecule has 0 aromatic heterocycles. The summed E-state index contributed by atoms with van der Waals surface area (Å²) in [6, 6.07) is 0. The van der Waals surface area contributed by atoms with Gasteiger partial charge < -0.3 is 20.4 Å². The van der Waals surface area contributed by atoms with E-state index in [1.807, 2.05) is 0 Å². The Morgan fingerprint density at radius 3 is 1.58 bits per heavy atom. The number of Topliss-reactive ketones (excluding diaryl/α,β-unsaturated/α-hetero) is 1. The monoisotopic (exact) mass is 366 g/mol. The predicted octanol–water partition coefficient (Wildman–Crippen LogP) is 2.55. The molecular formula is C18H35ClO5. The molecule has 5 nitrogen and oxygen atoms in total. The van der Waals surface area contributed by atoms with Gasteiger partial charge in [-0.15, -0.1) is 11.6 Å². The fourth-order valence-electron chi connectivity index (χ4n) is 2.64. The maximum Gasteiger partial charge on any atom is 0.164 e. The number of aliphatic hydroxyl groups is 4. The summed E-state index contributed by atoms with van der Waals surface area (Å²) in [5.74, 6) is 0.285. The lowest BCUT2D eigenvalue weighted by molar-refractivity contribution is -0.140. The van der Waals surface area contributed by atoms with Crippen LogP contribution < -0.4 is 0 Å². The third-order valence-electron chi connectivity index (χ3n) is 4.29. The minimum atomic E-state index is -1.62. The lowest BCUT2D eigenvalue weighted by Crippen LogP contribution is -2.43. The first-order valence-corrected chi connectivity index (χ1v) is 9.81. The van der Waals surface area contributed by atoms with Gasteiger partial charge in [0, 0.05) is 12.3 Å². The molecule has 0 saturated heterocycles. The first-order valence-electron chi connectivity index (χ1n) is 9.28. The second-order valence-electron chi connectivity index (χ2n) is 6.48. The largest absolute Gasteiger partial charge is 0.394 e. The van der Waals surface area contributed by atoms with Crippen LogP contribution in [-0.4, -0.2) is 57.0 Å². The molecule has 0 spiro atoms.